The number of anilines is 1. The molecule has 3 rings (SSSR count). The number of nitrogens with one attached hydrogen (secondary N) is 1. The molecule has 1 aliphatic rings. The number of nitrogens with zero attached hydrogens (tertiary/aromatic N) is 1. The Morgan fingerprint density at radius 3 is 2.53 bits per heavy atom. The Morgan fingerprint density at radius 1 is 1.13 bits per heavy atom. The van der Waals surface area contributed by atoms with Crippen LogP contribution in [-0.2, 0) is 9.59 Å². The molecular weight excluding hydrogens is 401 g/mol. The molecule has 6 nitrogen and oxygen atoms in total. The lowest BCUT2D eigenvalue weighted by atomic mass is 10.1. The highest BCUT2D eigenvalue weighted by atomic mass is 19.4. The molecule has 1 aliphatic heterocycles. The Morgan fingerprint density at radius 2 is 1.83 bits per heavy atom. The lowest BCUT2D eigenvalue weighted by Gasteiger charge is -2.29. The van der Waals surface area contributed by atoms with Crippen molar-refractivity contribution >= 4 is 17.5 Å². The first kappa shape index (κ1) is 21.5. The molecule has 9 heteroatoms. The summed E-state index contributed by atoms with van der Waals surface area (Å²) in [5.41, 5.74) is 1.30. The van der Waals surface area contributed by atoms with Gasteiger partial charge in [0.1, 0.15) is 18.1 Å². The summed E-state index contributed by atoms with van der Waals surface area (Å²) in [4.78, 5) is 26.4. The van der Waals surface area contributed by atoms with Gasteiger partial charge in [-0.3, -0.25) is 9.59 Å². The summed E-state index contributed by atoms with van der Waals surface area (Å²) in [6.45, 7) is 2.51. The molecule has 1 N–H and O–H groups in total. The maximum Gasteiger partial charge on any atom is 0.573 e. The molecule has 0 saturated heterocycles. The average molecular weight is 422 g/mol. The number of carbonyl (C=O) groups is 2. The number of rotatable bonds is 6. The van der Waals surface area contributed by atoms with Crippen molar-refractivity contribution in [1.29, 1.82) is 0 Å². The van der Waals surface area contributed by atoms with Gasteiger partial charge in [0.25, 0.3) is 0 Å². The zero-order chi connectivity index (χ0) is 21.7. The standard InChI is InChI=1S/C21H21F3N2O4/c1-14(15-6-8-16(9-7-15)30-21(22,23)24)25-19(27)10-11-20(28)26-12-13-29-18-5-3-2-4-17(18)26/h2-9,14H,10-13H2,1H3,(H,25,27). The molecule has 0 fully saturated rings. The van der Waals surface area contributed by atoms with Crippen molar-refractivity contribution in [3.8, 4) is 11.5 Å². The van der Waals surface area contributed by atoms with Crippen LogP contribution in [0, 0.1) is 0 Å². The van der Waals surface area contributed by atoms with Gasteiger partial charge in [-0.1, -0.05) is 24.3 Å². The summed E-state index contributed by atoms with van der Waals surface area (Å²) in [7, 11) is 0. The zero-order valence-corrected chi connectivity index (χ0v) is 16.2. The maximum atomic E-state index is 12.6. The molecule has 0 radical (unpaired) electrons. The third-order valence-corrected chi connectivity index (χ3v) is 4.59. The van der Waals surface area contributed by atoms with Crippen LogP contribution in [-0.4, -0.2) is 31.3 Å². The number of fused-ring (bicyclic) bond motifs is 1. The van der Waals surface area contributed by atoms with Crippen LogP contribution < -0.4 is 19.7 Å². The third kappa shape index (κ3) is 5.65. The summed E-state index contributed by atoms with van der Waals surface area (Å²) < 4.78 is 46.0. The average Bonchev–Trinajstić information content (AvgIpc) is 2.71. The van der Waals surface area contributed by atoms with Gasteiger partial charge < -0.3 is 19.7 Å². The van der Waals surface area contributed by atoms with Gasteiger partial charge in [-0.15, -0.1) is 13.2 Å². The molecule has 1 unspecified atom stereocenters. The molecule has 0 aromatic heterocycles. The molecule has 30 heavy (non-hydrogen) atoms. The van der Waals surface area contributed by atoms with Gasteiger partial charge in [-0.2, -0.15) is 0 Å². The first-order valence-electron chi connectivity index (χ1n) is 9.40. The van der Waals surface area contributed by atoms with E-state index in [2.05, 4.69) is 10.1 Å². The summed E-state index contributed by atoms with van der Waals surface area (Å²) in [5, 5.41) is 2.74. The Hall–Kier alpha value is -3.23. The van der Waals surface area contributed by atoms with Gasteiger partial charge in [0.05, 0.1) is 18.3 Å². The van der Waals surface area contributed by atoms with Crippen molar-refractivity contribution in [1.82, 2.24) is 5.32 Å². The van der Waals surface area contributed by atoms with Crippen LogP contribution in [0.1, 0.15) is 31.4 Å². The number of carbonyl (C=O) groups excluding carboxylic acids is 2. The van der Waals surface area contributed by atoms with Gasteiger partial charge in [-0.05, 0) is 36.8 Å². The second-order valence-electron chi connectivity index (χ2n) is 6.77. The van der Waals surface area contributed by atoms with Gasteiger partial charge >= 0.3 is 6.36 Å². The van der Waals surface area contributed by atoms with Crippen molar-refractivity contribution in [3.05, 3.63) is 54.1 Å². The second kappa shape index (κ2) is 9.06. The SMILES string of the molecule is CC(NC(=O)CCC(=O)N1CCOc2ccccc21)c1ccc(OC(F)(F)F)cc1. The number of para-hydroxylation sites is 2. The number of halogens is 3. The zero-order valence-electron chi connectivity index (χ0n) is 16.2. The summed E-state index contributed by atoms with van der Waals surface area (Å²) >= 11 is 0. The number of benzene rings is 2. The van der Waals surface area contributed by atoms with Crippen molar-refractivity contribution in [2.45, 2.75) is 32.2 Å². The van der Waals surface area contributed by atoms with E-state index in [1.807, 2.05) is 12.1 Å². The Kier molecular flexibility index (Phi) is 6.49. The highest BCUT2D eigenvalue weighted by molar-refractivity contribution is 5.97. The maximum absolute atomic E-state index is 12.6. The number of amides is 2. The van der Waals surface area contributed by atoms with Crippen molar-refractivity contribution in [2.24, 2.45) is 0 Å². The quantitative estimate of drug-likeness (QED) is 0.765. The van der Waals surface area contributed by atoms with E-state index in [0.29, 0.717) is 30.2 Å². The van der Waals surface area contributed by atoms with Crippen molar-refractivity contribution < 1.29 is 32.2 Å². The normalized spacial score (nSPS) is 14.3. The number of hydrogen-bond donors (Lipinski definition) is 1. The minimum atomic E-state index is -4.76. The fourth-order valence-corrected chi connectivity index (χ4v) is 3.14. The molecule has 0 saturated carbocycles. The van der Waals surface area contributed by atoms with Crippen LogP contribution in [0.3, 0.4) is 0 Å². The Balaban J connectivity index is 1.50. The molecule has 1 atom stereocenters. The Labute approximate surface area is 171 Å². The number of hydrogen-bond acceptors (Lipinski definition) is 4. The molecular formula is C21H21F3N2O4. The smallest absolute Gasteiger partial charge is 0.490 e. The van der Waals surface area contributed by atoms with E-state index in [9.17, 15) is 22.8 Å². The monoisotopic (exact) mass is 422 g/mol. The van der Waals surface area contributed by atoms with Crippen LogP contribution in [0.25, 0.3) is 0 Å². The minimum absolute atomic E-state index is 0.00202. The summed E-state index contributed by atoms with van der Waals surface area (Å²) in [6, 6.07) is 12.0. The molecule has 2 aromatic rings. The molecule has 0 aliphatic carbocycles. The highest BCUT2D eigenvalue weighted by Gasteiger charge is 2.31. The first-order valence-corrected chi connectivity index (χ1v) is 9.40. The van der Waals surface area contributed by atoms with E-state index in [1.165, 1.54) is 24.3 Å². The summed E-state index contributed by atoms with van der Waals surface area (Å²) in [5.74, 6) is -0.204. The van der Waals surface area contributed by atoms with Crippen LogP contribution in [0.15, 0.2) is 48.5 Å². The minimum Gasteiger partial charge on any atom is -0.490 e. The molecule has 1 heterocycles. The van der Waals surface area contributed by atoms with Crippen molar-refractivity contribution in [2.75, 3.05) is 18.1 Å². The topological polar surface area (TPSA) is 67.9 Å². The molecule has 0 spiro atoms. The van der Waals surface area contributed by atoms with Gasteiger partial charge in [0.2, 0.25) is 11.8 Å². The first-order chi connectivity index (χ1) is 14.2. The predicted molar refractivity (Wildman–Crippen MR) is 103 cm³/mol. The number of alkyl halides is 3. The lowest BCUT2D eigenvalue weighted by molar-refractivity contribution is -0.274. The van der Waals surface area contributed by atoms with E-state index < -0.39 is 12.4 Å². The molecule has 0 bridgehead atoms. The van der Waals surface area contributed by atoms with Gasteiger partial charge in [-0.25, -0.2) is 0 Å². The van der Waals surface area contributed by atoms with Gasteiger partial charge in [0, 0.05) is 12.8 Å². The van der Waals surface area contributed by atoms with E-state index >= 15 is 0 Å². The van der Waals surface area contributed by atoms with Crippen LogP contribution in [0.5, 0.6) is 11.5 Å². The van der Waals surface area contributed by atoms with Crippen LogP contribution >= 0.6 is 0 Å². The van der Waals surface area contributed by atoms with Gasteiger partial charge in [0.15, 0.2) is 0 Å². The second-order valence-corrected chi connectivity index (χ2v) is 6.77. The number of ether oxygens (including phenoxy) is 2. The molecule has 2 amide bonds. The molecule has 2 aromatic carbocycles. The van der Waals surface area contributed by atoms with Crippen molar-refractivity contribution in [3.63, 3.8) is 0 Å². The van der Waals surface area contributed by atoms with E-state index in [0.717, 1.165) is 0 Å². The largest absolute Gasteiger partial charge is 0.573 e. The van der Waals surface area contributed by atoms with Crippen LogP contribution in [0.4, 0.5) is 18.9 Å². The fourth-order valence-electron chi connectivity index (χ4n) is 3.14. The van der Waals surface area contributed by atoms with Crippen LogP contribution in [0.2, 0.25) is 0 Å². The molecule has 160 valence electrons. The highest BCUT2D eigenvalue weighted by Crippen LogP contribution is 2.31. The lowest BCUT2D eigenvalue weighted by Crippen LogP contribution is -2.38. The van der Waals surface area contributed by atoms with E-state index in [-0.39, 0.29) is 30.4 Å². The van der Waals surface area contributed by atoms with E-state index in [4.69, 9.17) is 4.74 Å². The summed E-state index contributed by atoms with van der Waals surface area (Å²) in [6.07, 6.45) is -4.72. The van der Waals surface area contributed by atoms with E-state index in [1.54, 1.807) is 24.0 Å². The Bertz CT molecular complexity index is 900. The fraction of sp³-hybridized carbons (Fsp3) is 0.333. The third-order valence-electron chi connectivity index (χ3n) is 4.59. The predicted octanol–water partition coefficient (Wildman–Crippen LogP) is 3.97.